The highest BCUT2D eigenvalue weighted by atomic mass is 19.3. The molecule has 22 heavy (non-hydrogen) atoms. The van der Waals surface area contributed by atoms with Crippen molar-refractivity contribution in [3.8, 4) is 5.75 Å². The monoisotopic (exact) mass is 314 g/mol. The standard InChI is InChI=1S/C15H20F2N2O3/c1-2-9-18-14(21)10-19-13(20)8-5-11-3-6-12(7-4-11)22-15(16)17/h3-4,6-7,15H,2,5,8-10H2,1H3,(H,18,21)(H,19,20). The smallest absolute Gasteiger partial charge is 0.387 e. The zero-order valence-corrected chi connectivity index (χ0v) is 12.4. The molecular formula is C15H20F2N2O3. The predicted octanol–water partition coefficient (Wildman–Crippen LogP) is 1.86. The molecule has 5 nitrogen and oxygen atoms in total. The molecular weight excluding hydrogens is 294 g/mol. The molecule has 0 aliphatic rings. The van der Waals surface area contributed by atoms with Crippen LogP contribution in [-0.4, -0.2) is 31.5 Å². The van der Waals surface area contributed by atoms with Gasteiger partial charge in [-0.15, -0.1) is 0 Å². The first-order valence-corrected chi connectivity index (χ1v) is 7.08. The Bertz CT molecular complexity index is 478. The minimum Gasteiger partial charge on any atom is -0.435 e. The van der Waals surface area contributed by atoms with E-state index in [-0.39, 0.29) is 30.5 Å². The van der Waals surface area contributed by atoms with Gasteiger partial charge in [0, 0.05) is 13.0 Å². The molecule has 0 unspecified atom stereocenters. The highest BCUT2D eigenvalue weighted by molar-refractivity contribution is 5.84. The van der Waals surface area contributed by atoms with Crippen molar-refractivity contribution < 1.29 is 23.1 Å². The minimum atomic E-state index is -2.85. The lowest BCUT2D eigenvalue weighted by molar-refractivity contribution is -0.126. The molecule has 7 heteroatoms. The second-order valence-electron chi connectivity index (χ2n) is 4.65. The number of hydrogen-bond acceptors (Lipinski definition) is 3. The lowest BCUT2D eigenvalue weighted by Crippen LogP contribution is -2.37. The molecule has 0 aliphatic heterocycles. The summed E-state index contributed by atoms with van der Waals surface area (Å²) >= 11 is 0. The molecule has 1 aromatic rings. The van der Waals surface area contributed by atoms with Crippen molar-refractivity contribution in [2.75, 3.05) is 13.1 Å². The Balaban J connectivity index is 2.27. The van der Waals surface area contributed by atoms with E-state index in [1.54, 1.807) is 12.1 Å². The highest BCUT2D eigenvalue weighted by Crippen LogP contribution is 2.15. The number of ether oxygens (including phenoxy) is 1. The zero-order valence-electron chi connectivity index (χ0n) is 12.4. The van der Waals surface area contributed by atoms with Crippen LogP contribution in [0.1, 0.15) is 25.3 Å². The third kappa shape index (κ3) is 7.56. The van der Waals surface area contributed by atoms with E-state index in [4.69, 9.17) is 0 Å². The van der Waals surface area contributed by atoms with E-state index >= 15 is 0 Å². The lowest BCUT2D eigenvalue weighted by Gasteiger charge is -2.07. The van der Waals surface area contributed by atoms with Gasteiger partial charge in [-0.25, -0.2) is 0 Å². The third-order valence-electron chi connectivity index (χ3n) is 2.81. The predicted molar refractivity (Wildman–Crippen MR) is 77.7 cm³/mol. The first-order valence-electron chi connectivity index (χ1n) is 7.08. The van der Waals surface area contributed by atoms with Gasteiger partial charge in [0.25, 0.3) is 0 Å². The van der Waals surface area contributed by atoms with Crippen LogP contribution >= 0.6 is 0 Å². The van der Waals surface area contributed by atoms with Crippen LogP contribution in [-0.2, 0) is 16.0 Å². The number of hydrogen-bond donors (Lipinski definition) is 2. The Hall–Kier alpha value is -2.18. The average Bonchev–Trinajstić information content (AvgIpc) is 2.49. The fourth-order valence-electron chi connectivity index (χ4n) is 1.69. The summed E-state index contributed by atoms with van der Waals surface area (Å²) in [7, 11) is 0. The summed E-state index contributed by atoms with van der Waals surface area (Å²) in [5.74, 6) is -0.376. The summed E-state index contributed by atoms with van der Waals surface area (Å²) in [4.78, 5) is 22.9. The lowest BCUT2D eigenvalue weighted by atomic mass is 10.1. The van der Waals surface area contributed by atoms with Crippen LogP contribution in [0, 0.1) is 0 Å². The molecule has 0 aromatic heterocycles. The number of halogens is 2. The fourth-order valence-corrected chi connectivity index (χ4v) is 1.69. The van der Waals surface area contributed by atoms with Gasteiger partial charge in [0.05, 0.1) is 6.54 Å². The molecule has 0 saturated heterocycles. The van der Waals surface area contributed by atoms with Crippen molar-refractivity contribution in [1.82, 2.24) is 10.6 Å². The molecule has 122 valence electrons. The molecule has 0 spiro atoms. The van der Waals surface area contributed by atoms with Gasteiger partial charge in [0.1, 0.15) is 5.75 Å². The molecule has 0 heterocycles. The van der Waals surface area contributed by atoms with Crippen molar-refractivity contribution >= 4 is 11.8 Å². The summed E-state index contributed by atoms with van der Waals surface area (Å²) in [5.41, 5.74) is 0.826. The van der Waals surface area contributed by atoms with Crippen LogP contribution in [0.4, 0.5) is 8.78 Å². The van der Waals surface area contributed by atoms with Crippen LogP contribution in [0.25, 0.3) is 0 Å². The van der Waals surface area contributed by atoms with Crippen molar-refractivity contribution in [2.45, 2.75) is 32.8 Å². The summed E-state index contributed by atoms with van der Waals surface area (Å²) in [6, 6.07) is 6.10. The molecule has 1 rings (SSSR count). The van der Waals surface area contributed by atoms with Gasteiger partial charge in [0.15, 0.2) is 0 Å². The number of carbonyl (C=O) groups excluding carboxylic acids is 2. The number of benzene rings is 1. The maximum Gasteiger partial charge on any atom is 0.387 e. The van der Waals surface area contributed by atoms with E-state index in [0.29, 0.717) is 13.0 Å². The molecule has 0 atom stereocenters. The van der Waals surface area contributed by atoms with E-state index in [1.807, 2.05) is 6.92 Å². The van der Waals surface area contributed by atoms with Crippen LogP contribution in [0.3, 0.4) is 0 Å². The second kappa shape index (κ2) is 9.70. The largest absolute Gasteiger partial charge is 0.435 e. The summed E-state index contributed by atoms with van der Waals surface area (Å²) in [6.45, 7) is -0.367. The van der Waals surface area contributed by atoms with E-state index < -0.39 is 6.61 Å². The summed E-state index contributed by atoms with van der Waals surface area (Å²) in [5, 5.41) is 5.18. The summed E-state index contributed by atoms with van der Waals surface area (Å²) in [6.07, 6.45) is 1.51. The Morgan fingerprint density at radius 1 is 1.14 bits per heavy atom. The van der Waals surface area contributed by atoms with Gasteiger partial charge >= 0.3 is 6.61 Å². The number of rotatable bonds is 9. The first kappa shape index (κ1) is 17.9. The molecule has 0 saturated carbocycles. The molecule has 0 aliphatic carbocycles. The van der Waals surface area contributed by atoms with Crippen LogP contribution in [0.15, 0.2) is 24.3 Å². The Kier molecular flexibility index (Phi) is 7.88. The Morgan fingerprint density at radius 3 is 2.41 bits per heavy atom. The molecule has 0 fully saturated rings. The first-order chi connectivity index (χ1) is 10.5. The fraction of sp³-hybridized carbons (Fsp3) is 0.467. The topological polar surface area (TPSA) is 67.4 Å². The van der Waals surface area contributed by atoms with E-state index in [0.717, 1.165) is 12.0 Å². The molecule has 0 radical (unpaired) electrons. The normalized spacial score (nSPS) is 10.4. The van der Waals surface area contributed by atoms with Gasteiger partial charge in [-0.2, -0.15) is 8.78 Å². The third-order valence-corrected chi connectivity index (χ3v) is 2.81. The number of aryl methyl sites for hydroxylation is 1. The highest BCUT2D eigenvalue weighted by Gasteiger charge is 2.07. The quantitative estimate of drug-likeness (QED) is 0.731. The van der Waals surface area contributed by atoms with Gasteiger partial charge in [-0.1, -0.05) is 19.1 Å². The van der Waals surface area contributed by atoms with E-state index in [1.165, 1.54) is 12.1 Å². The Labute approximate surface area is 128 Å². The molecule has 2 amide bonds. The van der Waals surface area contributed by atoms with Crippen molar-refractivity contribution in [3.63, 3.8) is 0 Å². The van der Waals surface area contributed by atoms with Crippen molar-refractivity contribution in [2.24, 2.45) is 0 Å². The number of alkyl halides is 2. The molecule has 1 aromatic carbocycles. The van der Waals surface area contributed by atoms with E-state index in [2.05, 4.69) is 15.4 Å². The van der Waals surface area contributed by atoms with Crippen LogP contribution in [0.2, 0.25) is 0 Å². The van der Waals surface area contributed by atoms with Crippen LogP contribution in [0.5, 0.6) is 5.75 Å². The van der Waals surface area contributed by atoms with Gasteiger partial charge in [-0.05, 0) is 30.5 Å². The maximum atomic E-state index is 12.0. The molecule has 0 bridgehead atoms. The van der Waals surface area contributed by atoms with Gasteiger partial charge in [-0.3, -0.25) is 9.59 Å². The van der Waals surface area contributed by atoms with E-state index in [9.17, 15) is 18.4 Å². The Morgan fingerprint density at radius 2 is 1.82 bits per heavy atom. The minimum absolute atomic E-state index is 0.0417. The number of nitrogens with one attached hydrogen (secondary N) is 2. The number of carbonyl (C=O) groups is 2. The SMILES string of the molecule is CCCNC(=O)CNC(=O)CCc1ccc(OC(F)F)cc1. The summed E-state index contributed by atoms with van der Waals surface area (Å²) < 4.78 is 28.2. The van der Waals surface area contributed by atoms with Crippen LogP contribution < -0.4 is 15.4 Å². The maximum absolute atomic E-state index is 12.0. The second-order valence-corrected chi connectivity index (χ2v) is 4.65. The molecule has 2 N–H and O–H groups in total. The van der Waals surface area contributed by atoms with Gasteiger partial charge in [0.2, 0.25) is 11.8 Å². The van der Waals surface area contributed by atoms with Crippen molar-refractivity contribution in [1.29, 1.82) is 0 Å². The van der Waals surface area contributed by atoms with Gasteiger partial charge < -0.3 is 15.4 Å². The average molecular weight is 314 g/mol. The number of amides is 2. The van der Waals surface area contributed by atoms with Crippen molar-refractivity contribution in [3.05, 3.63) is 29.8 Å². The zero-order chi connectivity index (χ0) is 16.4.